The highest BCUT2D eigenvalue weighted by molar-refractivity contribution is 9.10. The van der Waals surface area contributed by atoms with E-state index in [4.69, 9.17) is 4.42 Å². The summed E-state index contributed by atoms with van der Waals surface area (Å²) in [6.07, 6.45) is 0. The van der Waals surface area contributed by atoms with Crippen LogP contribution in [0.3, 0.4) is 0 Å². The summed E-state index contributed by atoms with van der Waals surface area (Å²) in [5, 5.41) is 8.10. The number of benzene rings is 1. The van der Waals surface area contributed by atoms with Gasteiger partial charge in [-0.25, -0.2) is 9.67 Å². The highest BCUT2D eigenvalue weighted by Crippen LogP contribution is 2.33. The van der Waals surface area contributed by atoms with Gasteiger partial charge in [-0.15, -0.1) is 11.3 Å². The van der Waals surface area contributed by atoms with Gasteiger partial charge in [0, 0.05) is 18.2 Å². The van der Waals surface area contributed by atoms with Gasteiger partial charge in [0.15, 0.2) is 10.4 Å². The molecule has 4 aromatic rings. The smallest absolute Gasteiger partial charge is 0.287 e. The molecule has 0 radical (unpaired) electrons. The number of amides is 1. The monoisotopic (exact) mass is 484 g/mol. The van der Waals surface area contributed by atoms with E-state index >= 15 is 0 Å². The number of furan rings is 1. The summed E-state index contributed by atoms with van der Waals surface area (Å²) in [7, 11) is 0. The lowest BCUT2D eigenvalue weighted by Crippen LogP contribution is -2.31. The number of nitrogens with one attached hydrogen (secondary N) is 1. The fraction of sp³-hybridized carbons (Fsp3) is 0.143. The van der Waals surface area contributed by atoms with Crippen LogP contribution in [-0.2, 0) is 6.54 Å². The summed E-state index contributed by atoms with van der Waals surface area (Å²) >= 11 is 4.69. The molecule has 0 atom stereocenters. The fourth-order valence-electron chi connectivity index (χ4n) is 2.87. The fourth-order valence-corrected chi connectivity index (χ4v) is 4.21. The van der Waals surface area contributed by atoms with Crippen molar-refractivity contribution in [1.82, 2.24) is 20.1 Å². The molecule has 3 heterocycles. The third-order valence-corrected chi connectivity index (χ3v) is 5.98. The molecular weight excluding hydrogens is 468 g/mol. The van der Waals surface area contributed by atoms with Crippen LogP contribution in [0.15, 0.2) is 68.5 Å². The number of carbonyl (C=O) groups excluding carboxylic acids is 1. The van der Waals surface area contributed by atoms with Crippen molar-refractivity contribution in [2.24, 2.45) is 0 Å². The van der Waals surface area contributed by atoms with Gasteiger partial charge in [-0.05, 0) is 41.1 Å². The number of hydrogen-bond acceptors (Lipinski definition) is 6. The molecule has 4 rings (SSSR count). The third-order valence-electron chi connectivity index (χ3n) is 4.32. The Morgan fingerprint density at radius 3 is 2.70 bits per heavy atom. The van der Waals surface area contributed by atoms with Gasteiger partial charge in [-0.3, -0.25) is 9.59 Å². The summed E-state index contributed by atoms with van der Waals surface area (Å²) in [5.74, 6) is -0.152. The zero-order chi connectivity index (χ0) is 21.1. The van der Waals surface area contributed by atoms with Crippen molar-refractivity contribution in [2.45, 2.75) is 13.5 Å². The van der Waals surface area contributed by atoms with E-state index in [1.54, 1.807) is 18.2 Å². The highest BCUT2D eigenvalue weighted by Gasteiger charge is 2.14. The minimum absolute atomic E-state index is 0.199. The van der Waals surface area contributed by atoms with Crippen LogP contribution in [-0.4, -0.2) is 27.2 Å². The summed E-state index contributed by atoms with van der Waals surface area (Å²) in [6, 6.07) is 16.3. The number of hydrogen-bond donors (Lipinski definition) is 1. The van der Waals surface area contributed by atoms with E-state index in [0.29, 0.717) is 10.4 Å². The second-order valence-electron chi connectivity index (χ2n) is 6.44. The topological polar surface area (TPSA) is 90.0 Å². The molecule has 0 aliphatic rings. The summed E-state index contributed by atoms with van der Waals surface area (Å²) in [5.41, 5.74) is 2.33. The van der Waals surface area contributed by atoms with E-state index < -0.39 is 0 Å². The van der Waals surface area contributed by atoms with Crippen molar-refractivity contribution in [1.29, 1.82) is 0 Å². The van der Waals surface area contributed by atoms with Crippen LogP contribution in [0.1, 0.15) is 16.2 Å². The number of halogens is 1. The van der Waals surface area contributed by atoms with Gasteiger partial charge in [0.2, 0.25) is 0 Å². The van der Waals surface area contributed by atoms with Crippen molar-refractivity contribution in [3.8, 4) is 21.1 Å². The second kappa shape index (κ2) is 8.76. The van der Waals surface area contributed by atoms with Gasteiger partial charge in [0.25, 0.3) is 11.5 Å². The quantitative estimate of drug-likeness (QED) is 0.444. The first-order valence-corrected chi connectivity index (χ1v) is 10.8. The summed E-state index contributed by atoms with van der Waals surface area (Å²) in [6.45, 7) is 2.41. The molecule has 0 unspecified atom stereocenters. The predicted octanol–water partition coefficient (Wildman–Crippen LogP) is 4.13. The number of rotatable bonds is 6. The number of nitrogens with zero attached hydrogens (tertiary/aromatic N) is 3. The molecule has 0 saturated carbocycles. The molecule has 0 spiro atoms. The molecule has 0 aliphatic carbocycles. The molecule has 152 valence electrons. The first kappa shape index (κ1) is 20.2. The van der Waals surface area contributed by atoms with E-state index in [9.17, 15) is 9.59 Å². The molecule has 9 heteroatoms. The van der Waals surface area contributed by atoms with E-state index in [2.05, 4.69) is 31.3 Å². The molecule has 1 aromatic carbocycles. The number of carbonyl (C=O) groups is 1. The highest BCUT2D eigenvalue weighted by atomic mass is 79.9. The molecule has 7 nitrogen and oxygen atoms in total. The van der Waals surface area contributed by atoms with Crippen LogP contribution in [0.2, 0.25) is 0 Å². The van der Waals surface area contributed by atoms with Crippen LogP contribution < -0.4 is 10.9 Å². The minimum Gasteiger partial charge on any atom is -0.444 e. The largest absolute Gasteiger partial charge is 0.444 e. The molecular formula is C21H17BrN4O3S. The van der Waals surface area contributed by atoms with Crippen LogP contribution in [0.5, 0.6) is 0 Å². The number of aryl methyl sites for hydroxylation is 1. The molecule has 1 N–H and O–H groups in total. The van der Waals surface area contributed by atoms with Crippen molar-refractivity contribution in [2.75, 3.05) is 6.54 Å². The van der Waals surface area contributed by atoms with Gasteiger partial charge in [-0.2, -0.15) is 5.10 Å². The molecule has 0 fully saturated rings. The van der Waals surface area contributed by atoms with E-state index in [0.717, 1.165) is 21.1 Å². The lowest BCUT2D eigenvalue weighted by atomic mass is 10.2. The van der Waals surface area contributed by atoms with E-state index in [1.807, 2.05) is 37.3 Å². The first-order valence-electron chi connectivity index (χ1n) is 9.16. The number of aromatic nitrogens is 3. The Hall–Kier alpha value is -3.04. The summed E-state index contributed by atoms with van der Waals surface area (Å²) in [4.78, 5) is 29.8. The van der Waals surface area contributed by atoms with Gasteiger partial charge in [0.1, 0.15) is 10.7 Å². The van der Waals surface area contributed by atoms with Crippen LogP contribution in [0.25, 0.3) is 21.1 Å². The van der Waals surface area contributed by atoms with Crippen LogP contribution >= 0.6 is 27.3 Å². The van der Waals surface area contributed by atoms with Crippen molar-refractivity contribution < 1.29 is 9.21 Å². The molecule has 0 aliphatic heterocycles. The molecule has 30 heavy (non-hydrogen) atoms. The van der Waals surface area contributed by atoms with Crippen LogP contribution in [0.4, 0.5) is 0 Å². The average molecular weight is 485 g/mol. The lowest BCUT2D eigenvalue weighted by molar-refractivity contribution is 0.0923. The molecule has 3 aromatic heterocycles. The molecule has 0 saturated heterocycles. The minimum atomic E-state index is -0.351. The zero-order valence-corrected chi connectivity index (χ0v) is 18.4. The van der Waals surface area contributed by atoms with E-state index in [1.165, 1.54) is 22.1 Å². The average Bonchev–Trinajstić information content (AvgIpc) is 3.36. The van der Waals surface area contributed by atoms with Crippen LogP contribution in [0, 0.1) is 6.92 Å². The maximum atomic E-state index is 12.2. The maximum absolute atomic E-state index is 12.2. The summed E-state index contributed by atoms with van der Waals surface area (Å²) < 4.78 is 7.04. The Morgan fingerprint density at radius 1 is 1.17 bits per heavy atom. The SMILES string of the molecule is Cc1nc(-c2ccccc2)sc1-c1ccc(=O)n(CCNC(=O)c2ccc(Br)o2)n1. The second-order valence-corrected chi connectivity index (χ2v) is 8.22. The predicted molar refractivity (Wildman–Crippen MR) is 119 cm³/mol. The Kier molecular flexibility index (Phi) is 5.91. The van der Waals surface area contributed by atoms with Gasteiger partial charge in [0.05, 0.1) is 17.1 Å². The van der Waals surface area contributed by atoms with Gasteiger partial charge in [-0.1, -0.05) is 30.3 Å². The Balaban J connectivity index is 1.50. The van der Waals surface area contributed by atoms with E-state index in [-0.39, 0.29) is 30.3 Å². The van der Waals surface area contributed by atoms with Gasteiger partial charge >= 0.3 is 0 Å². The third kappa shape index (κ3) is 4.42. The van der Waals surface area contributed by atoms with Crippen molar-refractivity contribution in [3.05, 3.63) is 81.1 Å². The number of thiazole rings is 1. The molecule has 0 bridgehead atoms. The Bertz CT molecular complexity index is 1250. The van der Waals surface area contributed by atoms with Gasteiger partial charge < -0.3 is 9.73 Å². The van der Waals surface area contributed by atoms with Crippen molar-refractivity contribution in [3.63, 3.8) is 0 Å². The first-order chi connectivity index (χ1) is 14.5. The zero-order valence-electron chi connectivity index (χ0n) is 16.0. The molecule has 1 amide bonds. The Morgan fingerprint density at radius 2 is 1.97 bits per heavy atom. The standard InChI is InChI=1S/C21H17BrN4O3S/c1-13-19(30-21(24-13)14-5-3-2-4-6-14)15-7-10-18(27)26(25-15)12-11-23-20(28)16-8-9-17(22)29-16/h2-10H,11-12H2,1H3,(H,23,28). The Labute approximate surface area is 184 Å². The van der Waals surface area contributed by atoms with Crippen molar-refractivity contribution >= 4 is 33.2 Å². The lowest BCUT2D eigenvalue weighted by Gasteiger charge is -2.07. The normalized spacial score (nSPS) is 10.9. The maximum Gasteiger partial charge on any atom is 0.287 e.